The molecule has 3 amide bonds. The maximum atomic E-state index is 13.0. The van der Waals surface area contributed by atoms with Crippen molar-refractivity contribution in [3.05, 3.63) is 59.7 Å². The number of amides is 3. The van der Waals surface area contributed by atoms with Crippen molar-refractivity contribution in [2.45, 2.75) is 25.9 Å². The van der Waals surface area contributed by atoms with Gasteiger partial charge < -0.3 is 10.1 Å². The molecule has 4 rings (SSSR count). The molecule has 0 aromatic heterocycles. The monoisotopic (exact) mass is 435 g/mol. The molecule has 1 fully saturated rings. The molecule has 32 heavy (non-hydrogen) atoms. The summed E-state index contributed by atoms with van der Waals surface area (Å²) >= 11 is 0. The normalized spacial score (nSPS) is 19.3. The Kier molecular flexibility index (Phi) is 5.67. The zero-order valence-corrected chi connectivity index (χ0v) is 17.5. The number of anilines is 2. The molecule has 2 aromatic rings. The average molecular weight is 435 g/mol. The van der Waals surface area contributed by atoms with Crippen LogP contribution < -0.4 is 10.2 Å². The second kappa shape index (κ2) is 8.58. The molecule has 0 spiro atoms. The van der Waals surface area contributed by atoms with E-state index < -0.39 is 35.8 Å². The van der Waals surface area contributed by atoms with Gasteiger partial charge >= 0.3 is 5.97 Å². The van der Waals surface area contributed by atoms with Gasteiger partial charge in [0.1, 0.15) is 6.54 Å². The number of fused-ring (bicyclic) bond motifs is 1. The van der Waals surface area contributed by atoms with Crippen molar-refractivity contribution in [1.82, 2.24) is 5.01 Å². The maximum Gasteiger partial charge on any atom is 0.338 e. The Hall–Kier alpha value is -4.08. The number of benzene rings is 2. The first-order valence-corrected chi connectivity index (χ1v) is 10.1. The first kappa shape index (κ1) is 21.2. The summed E-state index contributed by atoms with van der Waals surface area (Å²) in [7, 11) is 0. The number of carbonyl (C=O) groups is 4. The molecule has 0 saturated carbocycles. The Labute approximate surface area is 183 Å². The van der Waals surface area contributed by atoms with Gasteiger partial charge in [0.2, 0.25) is 5.91 Å². The minimum absolute atomic E-state index is 0.259. The summed E-state index contributed by atoms with van der Waals surface area (Å²) in [5.74, 6) is -1.82. The van der Waals surface area contributed by atoms with Crippen LogP contribution in [0.4, 0.5) is 11.4 Å². The molecule has 0 unspecified atom stereocenters. The van der Waals surface area contributed by atoms with Gasteiger partial charge in [0.25, 0.3) is 11.8 Å². The number of esters is 1. The van der Waals surface area contributed by atoms with Gasteiger partial charge in [-0.15, -0.1) is 0 Å². The van der Waals surface area contributed by atoms with Crippen LogP contribution in [-0.4, -0.2) is 53.9 Å². The lowest BCUT2D eigenvalue weighted by Crippen LogP contribution is -2.43. The van der Waals surface area contributed by atoms with Gasteiger partial charge in [-0.05, 0) is 49.7 Å². The van der Waals surface area contributed by atoms with Gasteiger partial charge in [-0.1, -0.05) is 23.4 Å². The van der Waals surface area contributed by atoms with E-state index in [4.69, 9.17) is 4.74 Å². The molecule has 2 aromatic carbocycles. The molecule has 10 nitrogen and oxygen atoms in total. The van der Waals surface area contributed by atoms with Crippen LogP contribution in [0.3, 0.4) is 0 Å². The summed E-state index contributed by atoms with van der Waals surface area (Å²) in [4.78, 5) is 51.2. The van der Waals surface area contributed by atoms with Crippen molar-refractivity contribution in [2.24, 2.45) is 10.3 Å². The first-order valence-electron chi connectivity index (χ1n) is 10.1. The summed E-state index contributed by atoms with van der Waals surface area (Å²) in [6.07, 6.45) is 0. The standard InChI is InChI=1S/C22H21N5O5/c1-3-32-22(31)14-8-10-15(11-9-14)23-17(28)12-26-19-18(24-25-26)20(29)27(21(19)30)16-7-5-4-6-13(16)2/h4-11,18-19H,3,12H2,1-2H3,(H,23,28)/t18-,19+/m0/s1. The van der Waals surface area contributed by atoms with Crippen molar-refractivity contribution in [3.8, 4) is 0 Å². The van der Waals surface area contributed by atoms with Crippen molar-refractivity contribution in [2.75, 3.05) is 23.4 Å². The number of hydrogen-bond acceptors (Lipinski definition) is 8. The highest BCUT2D eigenvalue weighted by molar-refractivity contribution is 6.25. The Bertz CT molecular complexity index is 1110. The third-order valence-corrected chi connectivity index (χ3v) is 5.20. The molecule has 2 heterocycles. The van der Waals surface area contributed by atoms with Gasteiger partial charge in [0.05, 0.1) is 17.9 Å². The van der Waals surface area contributed by atoms with E-state index in [9.17, 15) is 19.2 Å². The second-order valence-electron chi connectivity index (χ2n) is 7.34. The highest BCUT2D eigenvalue weighted by atomic mass is 16.5. The number of rotatable bonds is 6. The van der Waals surface area contributed by atoms with E-state index in [-0.39, 0.29) is 13.2 Å². The predicted molar refractivity (Wildman–Crippen MR) is 114 cm³/mol. The minimum atomic E-state index is -0.973. The number of aryl methyl sites for hydroxylation is 1. The molecule has 0 aliphatic carbocycles. The summed E-state index contributed by atoms with van der Waals surface area (Å²) in [6, 6.07) is 11.4. The molecular weight excluding hydrogens is 414 g/mol. The molecular formula is C22H21N5O5. The number of hydrogen-bond donors (Lipinski definition) is 1. The Morgan fingerprint density at radius 3 is 2.47 bits per heavy atom. The van der Waals surface area contributed by atoms with Crippen LogP contribution in [0.5, 0.6) is 0 Å². The minimum Gasteiger partial charge on any atom is -0.462 e. The Balaban J connectivity index is 1.42. The fourth-order valence-electron chi connectivity index (χ4n) is 3.66. The number of nitrogens with one attached hydrogen (secondary N) is 1. The van der Waals surface area contributed by atoms with Gasteiger partial charge in [0, 0.05) is 5.69 Å². The van der Waals surface area contributed by atoms with Crippen molar-refractivity contribution < 1.29 is 23.9 Å². The third kappa shape index (κ3) is 3.82. The number of ether oxygens (including phenoxy) is 1. The fraction of sp³-hybridized carbons (Fsp3) is 0.273. The zero-order chi connectivity index (χ0) is 22.8. The van der Waals surface area contributed by atoms with Crippen LogP contribution >= 0.6 is 0 Å². The number of carbonyl (C=O) groups excluding carboxylic acids is 4. The number of nitrogens with zero attached hydrogens (tertiary/aromatic N) is 4. The highest BCUT2D eigenvalue weighted by Crippen LogP contribution is 2.33. The van der Waals surface area contributed by atoms with Gasteiger partial charge in [-0.25, -0.2) is 9.69 Å². The molecule has 164 valence electrons. The maximum absolute atomic E-state index is 13.0. The molecule has 1 saturated heterocycles. The summed E-state index contributed by atoms with van der Waals surface area (Å²) in [6.45, 7) is 3.54. The van der Waals surface area contributed by atoms with E-state index in [1.165, 1.54) is 5.01 Å². The lowest BCUT2D eigenvalue weighted by atomic mass is 10.1. The van der Waals surface area contributed by atoms with Crippen LogP contribution in [0.15, 0.2) is 58.9 Å². The van der Waals surface area contributed by atoms with Gasteiger partial charge in [-0.2, -0.15) is 5.11 Å². The SMILES string of the molecule is CCOC(=O)c1ccc(NC(=O)CN2N=N[C@@H]3C(=O)N(c4ccccc4C)C(=O)[C@@H]32)cc1. The lowest BCUT2D eigenvalue weighted by Gasteiger charge is -2.21. The van der Waals surface area contributed by atoms with E-state index in [1.54, 1.807) is 43.3 Å². The lowest BCUT2D eigenvalue weighted by molar-refractivity contribution is -0.123. The smallest absolute Gasteiger partial charge is 0.338 e. The van der Waals surface area contributed by atoms with Crippen LogP contribution in [0.1, 0.15) is 22.8 Å². The number of para-hydroxylation sites is 1. The molecule has 2 atom stereocenters. The quantitative estimate of drug-likeness (QED) is 0.548. The van der Waals surface area contributed by atoms with Crippen LogP contribution in [-0.2, 0) is 19.1 Å². The zero-order valence-electron chi connectivity index (χ0n) is 17.5. The van der Waals surface area contributed by atoms with Crippen molar-refractivity contribution in [1.29, 1.82) is 0 Å². The highest BCUT2D eigenvalue weighted by Gasteiger charge is 2.55. The Morgan fingerprint density at radius 1 is 1.06 bits per heavy atom. The molecule has 1 N–H and O–H groups in total. The van der Waals surface area contributed by atoms with E-state index in [0.717, 1.165) is 10.5 Å². The van der Waals surface area contributed by atoms with E-state index in [2.05, 4.69) is 15.7 Å². The van der Waals surface area contributed by atoms with Crippen molar-refractivity contribution >= 4 is 35.1 Å². The second-order valence-corrected chi connectivity index (χ2v) is 7.34. The van der Waals surface area contributed by atoms with Gasteiger partial charge in [0.15, 0.2) is 12.1 Å². The van der Waals surface area contributed by atoms with Gasteiger partial charge in [-0.3, -0.25) is 19.4 Å². The predicted octanol–water partition coefficient (Wildman–Crippen LogP) is 2.10. The summed E-state index contributed by atoms with van der Waals surface area (Å²) in [5.41, 5.74) is 2.11. The Morgan fingerprint density at radius 2 is 1.78 bits per heavy atom. The van der Waals surface area contributed by atoms with Crippen molar-refractivity contribution in [3.63, 3.8) is 0 Å². The van der Waals surface area contributed by atoms with Crippen LogP contribution in [0.25, 0.3) is 0 Å². The van der Waals surface area contributed by atoms with E-state index >= 15 is 0 Å². The molecule has 2 aliphatic rings. The topological polar surface area (TPSA) is 121 Å². The largest absolute Gasteiger partial charge is 0.462 e. The molecule has 10 heteroatoms. The third-order valence-electron chi connectivity index (χ3n) is 5.20. The van der Waals surface area contributed by atoms with E-state index in [1.807, 2.05) is 19.1 Å². The fourth-order valence-corrected chi connectivity index (χ4v) is 3.66. The summed E-state index contributed by atoms with van der Waals surface area (Å²) < 4.78 is 4.93. The number of imide groups is 1. The van der Waals surface area contributed by atoms with Crippen LogP contribution in [0, 0.1) is 6.92 Å². The molecule has 2 aliphatic heterocycles. The molecule has 0 bridgehead atoms. The van der Waals surface area contributed by atoms with Crippen LogP contribution in [0.2, 0.25) is 0 Å². The summed E-state index contributed by atoms with van der Waals surface area (Å²) in [5, 5.41) is 11.7. The average Bonchev–Trinajstić information content (AvgIpc) is 3.29. The molecule has 0 radical (unpaired) electrons. The van der Waals surface area contributed by atoms with E-state index in [0.29, 0.717) is 16.9 Å². The first-order chi connectivity index (χ1) is 15.4.